The maximum absolute atomic E-state index is 14.6. The lowest BCUT2D eigenvalue weighted by Crippen LogP contribution is -2.46. The van der Waals surface area contributed by atoms with E-state index in [4.69, 9.17) is 18.9 Å². The number of hydrogen-bond donors (Lipinski definition) is 0. The summed E-state index contributed by atoms with van der Waals surface area (Å²) >= 11 is 0. The van der Waals surface area contributed by atoms with Crippen molar-refractivity contribution < 1.29 is 56.5 Å². The fraction of sp³-hybridized carbons (Fsp3) is 0.571. The minimum Gasteiger partial charge on any atom is -0.483 e. The van der Waals surface area contributed by atoms with E-state index < -0.39 is 34.1 Å². The maximum Gasteiger partial charge on any atom is 0.313 e. The predicted octanol–water partition coefficient (Wildman–Crippen LogP) is 12.9. The summed E-state index contributed by atoms with van der Waals surface area (Å²) in [6, 6.07) is 8.53. The zero-order chi connectivity index (χ0) is 61.3. The molecule has 86 heavy (non-hydrogen) atoms. The molecular weight excluding hydrogens is 1090 g/mol. The van der Waals surface area contributed by atoms with Crippen molar-refractivity contribution in [3.05, 3.63) is 108 Å². The molecular formula is C70H86F2N4O10. The van der Waals surface area contributed by atoms with Gasteiger partial charge in [0.2, 0.25) is 11.8 Å². The van der Waals surface area contributed by atoms with Gasteiger partial charge in [-0.15, -0.1) is 13.2 Å². The van der Waals surface area contributed by atoms with Crippen molar-refractivity contribution in [2.75, 3.05) is 26.3 Å². The van der Waals surface area contributed by atoms with Crippen LogP contribution < -0.4 is 9.47 Å². The van der Waals surface area contributed by atoms with Crippen molar-refractivity contribution in [1.82, 2.24) is 19.8 Å². The van der Waals surface area contributed by atoms with Crippen molar-refractivity contribution in [2.24, 2.45) is 34.5 Å². The molecule has 7 aliphatic rings. The zero-order valence-corrected chi connectivity index (χ0v) is 51.2. The van der Waals surface area contributed by atoms with Gasteiger partial charge in [-0.05, 0) is 129 Å². The smallest absolute Gasteiger partial charge is 0.313 e. The molecule has 4 fully saturated rings. The first-order chi connectivity index (χ1) is 41.3. The number of allylic oxidation sites excluding steroid dienone is 4. The maximum atomic E-state index is 14.6. The molecule has 4 aromatic rings. The number of nitrogens with zero attached hydrogens (tertiary/aromatic N) is 4. The van der Waals surface area contributed by atoms with E-state index in [9.17, 15) is 37.5 Å². The van der Waals surface area contributed by atoms with Gasteiger partial charge in [0.05, 0.1) is 60.6 Å². The number of Topliss-reactive ketones (excluding diaryl/α,β-unsaturated/α-hetero) is 2. The Morgan fingerprint density at radius 2 is 1.43 bits per heavy atom. The number of esters is 2. The number of pyridine rings is 2. The summed E-state index contributed by atoms with van der Waals surface area (Å²) < 4.78 is 53.5. The summed E-state index contributed by atoms with van der Waals surface area (Å²) in [5, 5.41) is 1.47. The molecule has 11 rings (SSSR count). The monoisotopic (exact) mass is 1180 g/mol. The fourth-order valence-corrected chi connectivity index (χ4v) is 14.8. The van der Waals surface area contributed by atoms with Crippen LogP contribution in [-0.2, 0) is 51.1 Å². The van der Waals surface area contributed by atoms with Crippen LogP contribution in [0.2, 0.25) is 0 Å². The number of ether oxygens (including phenoxy) is 4. The van der Waals surface area contributed by atoms with Gasteiger partial charge < -0.3 is 28.7 Å². The standard InChI is InChI=1S/C36H45FN2O5.C34H41FN2O5/c1-6-9-10-11-12-14-23(4)33(41)39-22-35(20-29(39)30(40)21-36(19-25(36)7-2)34(42)43-8-3)18-17-27-26-15-13-16-28(37)31(26)38-24(5)32(27)44-35;1-4-41-32(40)34-17-23(34)12-9-7-5-6-8-11-21(2)31(39)37-20-33(18-27(37)28(38)19-34)16-15-25-24-13-10-14-26(35)29(24)36-22(3)30(25)42-33/h6-7,13,15-16,23,25,29H,1-2,8-12,14,17-22H2,3-5H3;9-10,12-14,21,23,27H,4-8,11,15-20H2,1-3H3/b;12-9-/t23-,25+,29-,35+,36+;21-,23+,27-,33+,34+/m00/s1. The largest absolute Gasteiger partial charge is 0.483 e. The van der Waals surface area contributed by atoms with Gasteiger partial charge in [-0.25, -0.2) is 18.7 Å². The van der Waals surface area contributed by atoms with E-state index in [0.29, 0.717) is 91.8 Å². The lowest BCUT2D eigenvalue weighted by molar-refractivity contribution is -0.153. The number of fused-ring (bicyclic) bond motifs is 8. The molecule has 2 saturated heterocycles. The number of para-hydroxylation sites is 2. The quantitative estimate of drug-likeness (QED) is 0.0627. The Hall–Kier alpha value is -6.84. The predicted molar refractivity (Wildman–Crippen MR) is 324 cm³/mol. The first-order valence-corrected chi connectivity index (χ1v) is 31.7. The van der Waals surface area contributed by atoms with Crippen LogP contribution in [0.3, 0.4) is 0 Å². The molecule has 0 bridgehead atoms. The second kappa shape index (κ2) is 25.5. The first-order valence-electron chi connectivity index (χ1n) is 31.7. The highest BCUT2D eigenvalue weighted by molar-refractivity contribution is 5.97. The molecule has 460 valence electrons. The number of unbranched alkanes of at least 4 members (excludes halogenated alkanes) is 3. The highest BCUT2D eigenvalue weighted by Gasteiger charge is 2.64. The number of likely N-dealkylation sites (tertiary alicyclic amines) is 1. The molecule has 14 nitrogen and oxygen atoms in total. The third-order valence-corrected chi connectivity index (χ3v) is 20.0. The normalized spacial score (nSPS) is 29.1. The van der Waals surface area contributed by atoms with E-state index in [1.807, 2.05) is 45.9 Å². The molecule has 5 aliphatic heterocycles. The van der Waals surface area contributed by atoms with Gasteiger partial charge in [-0.1, -0.05) is 88.1 Å². The van der Waals surface area contributed by atoms with Crippen molar-refractivity contribution in [3.63, 3.8) is 0 Å². The van der Waals surface area contributed by atoms with E-state index in [1.165, 1.54) is 12.1 Å². The number of ketones is 2. The summed E-state index contributed by atoms with van der Waals surface area (Å²) in [5.41, 5.74) is 0.383. The summed E-state index contributed by atoms with van der Waals surface area (Å²) in [4.78, 5) is 94.9. The minimum absolute atomic E-state index is 0.00403. The van der Waals surface area contributed by atoms with Gasteiger partial charge in [0.25, 0.3) is 0 Å². The van der Waals surface area contributed by atoms with Crippen LogP contribution in [0.1, 0.15) is 166 Å². The molecule has 16 heteroatoms. The lowest BCUT2D eigenvalue weighted by atomic mass is 9.85. The first kappa shape index (κ1) is 62.2. The van der Waals surface area contributed by atoms with E-state index in [0.717, 1.165) is 86.1 Å². The van der Waals surface area contributed by atoms with Crippen LogP contribution in [0.5, 0.6) is 11.5 Å². The Balaban J connectivity index is 0.000000191. The van der Waals surface area contributed by atoms with Crippen LogP contribution >= 0.6 is 0 Å². The van der Waals surface area contributed by atoms with Crippen LogP contribution in [-0.4, -0.2) is 105 Å². The number of benzene rings is 2. The molecule has 2 aromatic carbocycles. The van der Waals surface area contributed by atoms with Crippen LogP contribution in [0.4, 0.5) is 8.78 Å². The molecule has 2 amide bonds. The third-order valence-electron chi connectivity index (χ3n) is 20.0. The zero-order valence-electron chi connectivity index (χ0n) is 51.2. The molecule has 10 atom stereocenters. The minimum atomic E-state index is -0.917. The second-order valence-corrected chi connectivity index (χ2v) is 25.9. The molecule has 2 spiro atoms. The van der Waals surface area contributed by atoms with Gasteiger partial charge in [0.15, 0.2) is 11.6 Å². The second-order valence-electron chi connectivity index (χ2n) is 25.9. The van der Waals surface area contributed by atoms with Gasteiger partial charge >= 0.3 is 11.9 Å². The lowest BCUT2D eigenvalue weighted by Gasteiger charge is -2.36. The topological polar surface area (TPSA) is 172 Å². The number of hydrogen-bond acceptors (Lipinski definition) is 12. The third kappa shape index (κ3) is 12.1. The summed E-state index contributed by atoms with van der Waals surface area (Å²) in [5.74, 6) is -1.13. The van der Waals surface area contributed by atoms with Crippen molar-refractivity contribution in [3.8, 4) is 11.5 Å². The highest BCUT2D eigenvalue weighted by atomic mass is 19.1. The van der Waals surface area contributed by atoms with E-state index in [2.05, 4.69) is 35.3 Å². The van der Waals surface area contributed by atoms with Crippen molar-refractivity contribution >= 4 is 57.1 Å². The van der Waals surface area contributed by atoms with Crippen molar-refractivity contribution in [2.45, 2.75) is 193 Å². The molecule has 0 radical (unpaired) electrons. The number of carbonyl (C=O) groups is 6. The van der Waals surface area contributed by atoms with Crippen LogP contribution in [0.15, 0.2) is 73.9 Å². The van der Waals surface area contributed by atoms with Gasteiger partial charge in [0, 0.05) is 59.4 Å². The number of aromatic nitrogens is 2. The Morgan fingerprint density at radius 3 is 2.03 bits per heavy atom. The Bertz CT molecular complexity index is 3360. The molecule has 2 saturated carbocycles. The Kier molecular flexibility index (Phi) is 18.4. The number of halogens is 2. The van der Waals surface area contributed by atoms with Crippen molar-refractivity contribution in [1.29, 1.82) is 0 Å². The van der Waals surface area contributed by atoms with Gasteiger partial charge in [-0.3, -0.25) is 28.8 Å². The molecule has 7 heterocycles. The van der Waals surface area contributed by atoms with E-state index >= 15 is 0 Å². The van der Waals surface area contributed by atoms with E-state index in [1.54, 1.807) is 41.9 Å². The average molecular weight is 1180 g/mol. The molecule has 0 N–H and O–H groups in total. The average Bonchev–Trinajstić information content (AvgIpc) is 1.84. The van der Waals surface area contributed by atoms with Crippen LogP contribution in [0, 0.1) is 60.0 Å². The Morgan fingerprint density at radius 1 is 0.802 bits per heavy atom. The molecule has 0 unspecified atom stereocenters. The summed E-state index contributed by atoms with van der Waals surface area (Å²) in [6.45, 7) is 19.8. The SMILES string of the molecule is C=CCCCCC[C@H](C)C(=O)N1C[C@@]2(CCc3c(c(C)nc4c(F)cccc34)O2)C[C@H]1C(=O)C[C@]1(C(=O)OCC)C[C@H]1C=C.CCOC(=O)[C@]12CC(=O)[C@@H]3C[C@]4(CCc5c(c(C)nc6c(F)cccc56)O4)CN3C(=O)[C@@H](C)CCCCC/C=C\[C@@H]1C2. The van der Waals surface area contributed by atoms with E-state index in [-0.39, 0.29) is 103 Å². The number of carbonyl (C=O) groups excluding carboxylic acids is 6. The van der Waals surface area contributed by atoms with Gasteiger partial charge in [-0.2, -0.15) is 0 Å². The molecule has 2 aliphatic carbocycles. The highest BCUT2D eigenvalue weighted by Crippen LogP contribution is 2.59. The fourth-order valence-electron chi connectivity index (χ4n) is 14.8. The number of aryl methyl sites for hydroxylation is 4. The number of rotatable bonds is 15. The molecule has 2 aromatic heterocycles. The van der Waals surface area contributed by atoms with Crippen LogP contribution in [0.25, 0.3) is 21.8 Å². The summed E-state index contributed by atoms with van der Waals surface area (Å²) in [7, 11) is 0. The Labute approximate surface area is 504 Å². The number of amides is 2. The van der Waals surface area contributed by atoms with Gasteiger partial charge in [0.1, 0.15) is 45.4 Å². The summed E-state index contributed by atoms with van der Waals surface area (Å²) in [6.07, 6.45) is 21.5.